The van der Waals surface area contributed by atoms with Crippen LogP contribution >= 0.6 is 0 Å². The Morgan fingerprint density at radius 2 is 1.45 bits per heavy atom. The third-order valence-corrected chi connectivity index (χ3v) is 6.42. The fraction of sp³-hybridized carbons (Fsp3) is 0.276. The first-order chi connectivity index (χ1) is 16.0. The number of rotatable bonds is 6. The molecule has 2 unspecified atom stereocenters. The Kier molecular flexibility index (Phi) is 7.13. The fourth-order valence-electron chi connectivity index (χ4n) is 4.76. The van der Waals surface area contributed by atoms with Gasteiger partial charge in [-0.15, -0.1) is 0 Å². The van der Waals surface area contributed by atoms with Gasteiger partial charge >= 0.3 is 5.97 Å². The van der Waals surface area contributed by atoms with E-state index in [1.807, 2.05) is 78.9 Å². The molecular formula is C29H28O4. The Bertz CT molecular complexity index is 1130. The second-order valence-electron chi connectivity index (χ2n) is 8.76. The van der Waals surface area contributed by atoms with Gasteiger partial charge in [0.25, 0.3) is 0 Å². The van der Waals surface area contributed by atoms with E-state index < -0.39 is 0 Å². The molecule has 0 spiro atoms. The number of ether oxygens (including phenoxy) is 1. The molecule has 0 fully saturated rings. The lowest BCUT2D eigenvalue weighted by atomic mass is 9.77. The van der Waals surface area contributed by atoms with E-state index in [9.17, 15) is 14.4 Å². The lowest BCUT2D eigenvalue weighted by Crippen LogP contribution is -2.23. The molecule has 0 saturated carbocycles. The van der Waals surface area contributed by atoms with Gasteiger partial charge in [-0.05, 0) is 40.5 Å². The summed E-state index contributed by atoms with van der Waals surface area (Å²) in [6.45, 7) is 0. The molecule has 4 rings (SSSR count). The molecular weight excluding hydrogens is 412 g/mol. The molecule has 0 aromatic heterocycles. The predicted octanol–water partition coefficient (Wildman–Crippen LogP) is 5.79. The van der Waals surface area contributed by atoms with Crippen LogP contribution in [0.4, 0.5) is 0 Å². The van der Waals surface area contributed by atoms with E-state index in [0.29, 0.717) is 24.8 Å². The zero-order valence-corrected chi connectivity index (χ0v) is 18.8. The van der Waals surface area contributed by atoms with Crippen LogP contribution in [0.15, 0.2) is 78.9 Å². The molecule has 1 aliphatic rings. The highest BCUT2D eigenvalue weighted by molar-refractivity contribution is 5.97. The summed E-state index contributed by atoms with van der Waals surface area (Å²) in [5.41, 5.74) is 4.98. The van der Waals surface area contributed by atoms with Gasteiger partial charge < -0.3 is 4.74 Å². The topological polar surface area (TPSA) is 60.4 Å². The minimum Gasteiger partial charge on any atom is -0.469 e. The van der Waals surface area contributed by atoms with Crippen molar-refractivity contribution in [3.8, 4) is 11.1 Å². The Morgan fingerprint density at radius 3 is 2.18 bits per heavy atom. The van der Waals surface area contributed by atoms with Crippen LogP contribution in [-0.2, 0) is 20.7 Å². The number of Topliss-reactive ketones (excluding diaryl/α,β-unsaturated/α-hetero) is 2. The number of carbonyl (C=O) groups is 3. The SMILES string of the molecule is COC(=O)CC1CC(=O)CC(CC(=O)c2ccc(-c3ccccc3)cc2)c2ccccc2C1. The summed E-state index contributed by atoms with van der Waals surface area (Å²) in [5, 5.41) is 0. The van der Waals surface area contributed by atoms with Crippen molar-refractivity contribution in [1.82, 2.24) is 0 Å². The van der Waals surface area contributed by atoms with Gasteiger partial charge in [-0.25, -0.2) is 0 Å². The van der Waals surface area contributed by atoms with Gasteiger partial charge in [0.1, 0.15) is 5.78 Å². The number of ketones is 2. The molecule has 0 radical (unpaired) electrons. The largest absolute Gasteiger partial charge is 0.469 e. The number of carbonyl (C=O) groups excluding carboxylic acids is 3. The van der Waals surface area contributed by atoms with Gasteiger partial charge in [0.2, 0.25) is 0 Å². The quantitative estimate of drug-likeness (QED) is 0.359. The molecule has 2 atom stereocenters. The number of hydrogen-bond donors (Lipinski definition) is 0. The van der Waals surface area contributed by atoms with Crippen LogP contribution in [-0.4, -0.2) is 24.6 Å². The summed E-state index contributed by atoms with van der Waals surface area (Å²) in [5.74, 6) is -0.400. The van der Waals surface area contributed by atoms with Crippen LogP contribution in [0.25, 0.3) is 11.1 Å². The second-order valence-corrected chi connectivity index (χ2v) is 8.76. The van der Waals surface area contributed by atoms with Crippen molar-refractivity contribution in [1.29, 1.82) is 0 Å². The molecule has 0 N–H and O–H groups in total. The fourth-order valence-corrected chi connectivity index (χ4v) is 4.76. The smallest absolute Gasteiger partial charge is 0.305 e. The highest BCUT2D eigenvalue weighted by atomic mass is 16.5. The van der Waals surface area contributed by atoms with Crippen LogP contribution in [0, 0.1) is 5.92 Å². The molecule has 0 bridgehead atoms. The molecule has 0 saturated heterocycles. The third-order valence-electron chi connectivity index (χ3n) is 6.42. The zero-order chi connectivity index (χ0) is 23.2. The minimum atomic E-state index is -0.295. The van der Waals surface area contributed by atoms with Crippen molar-refractivity contribution in [2.24, 2.45) is 5.92 Å². The van der Waals surface area contributed by atoms with Crippen LogP contribution < -0.4 is 0 Å². The first-order valence-corrected chi connectivity index (χ1v) is 11.4. The highest BCUT2D eigenvalue weighted by Crippen LogP contribution is 2.34. The molecule has 3 aromatic rings. The lowest BCUT2D eigenvalue weighted by Gasteiger charge is -2.26. The van der Waals surface area contributed by atoms with E-state index in [1.54, 1.807) is 0 Å². The molecule has 168 valence electrons. The Hall–Kier alpha value is -3.53. The summed E-state index contributed by atoms with van der Waals surface area (Å²) in [7, 11) is 1.37. The van der Waals surface area contributed by atoms with E-state index >= 15 is 0 Å². The summed E-state index contributed by atoms with van der Waals surface area (Å²) in [4.78, 5) is 37.7. The van der Waals surface area contributed by atoms with Gasteiger partial charge in [-0.1, -0.05) is 78.9 Å². The van der Waals surface area contributed by atoms with Gasteiger partial charge in [0.05, 0.1) is 7.11 Å². The molecule has 0 aliphatic heterocycles. The standard InChI is InChI=1S/C29H28O4/c1-33-29(32)17-20-15-24-9-5-6-10-27(24)25(18-26(30)16-20)19-28(31)23-13-11-22(12-14-23)21-7-3-2-4-8-21/h2-14,20,25H,15-19H2,1H3. The maximum absolute atomic E-state index is 13.2. The van der Waals surface area contributed by atoms with Gasteiger partial charge in [0, 0.05) is 31.2 Å². The molecule has 1 aliphatic carbocycles. The number of hydrogen-bond acceptors (Lipinski definition) is 4. The monoisotopic (exact) mass is 440 g/mol. The zero-order valence-electron chi connectivity index (χ0n) is 18.8. The summed E-state index contributed by atoms with van der Waals surface area (Å²) >= 11 is 0. The van der Waals surface area contributed by atoms with E-state index in [-0.39, 0.29) is 42.2 Å². The average Bonchev–Trinajstić information content (AvgIpc) is 2.83. The summed E-state index contributed by atoms with van der Waals surface area (Å²) in [6.07, 6.45) is 1.79. The van der Waals surface area contributed by atoms with Gasteiger partial charge in [-0.3, -0.25) is 14.4 Å². The maximum Gasteiger partial charge on any atom is 0.305 e. The van der Waals surface area contributed by atoms with Crippen molar-refractivity contribution >= 4 is 17.5 Å². The summed E-state index contributed by atoms with van der Waals surface area (Å²) < 4.78 is 4.81. The van der Waals surface area contributed by atoms with E-state index in [4.69, 9.17) is 4.74 Å². The number of esters is 1. The van der Waals surface area contributed by atoms with Gasteiger partial charge in [0.15, 0.2) is 5.78 Å². The van der Waals surface area contributed by atoms with Crippen LogP contribution in [0.1, 0.15) is 53.1 Å². The van der Waals surface area contributed by atoms with E-state index in [2.05, 4.69) is 0 Å². The molecule has 0 amide bonds. The third kappa shape index (κ3) is 5.64. The van der Waals surface area contributed by atoms with E-state index in [1.165, 1.54) is 7.11 Å². The Labute approximate surface area is 194 Å². The number of fused-ring (bicyclic) bond motifs is 1. The minimum absolute atomic E-state index is 0.0360. The number of methoxy groups -OCH3 is 1. The molecule has 0 heterocycles. The van der Waals surface area contributed by atoms with Crippen LogP contribution in [0.2, 0.25) is 0 Å². The van der Waals surface area contributed by atoms with Crippen molar-refractivity contribution in [2.75, 3.05) is 7.11 Å². The normalized spacial score (nSPS) is 18.0. The first kappa shape index (κ1) is 22.7. The van der Waals surface area contributed by atoms with E-state index in [0.717, 1.165) is 22.3 Å². The molecule has 33 heavy (non-hydrogen) atoms. The first-order valence-electron chi connectivity index (χ1n) is 11.4. The van der Waals surface area contributed by atoms with Crippen LogP contribution in [0.5, 0.6) is 0 Å². The van der Waals surface area contributed by atoms with Crippen molar-refractivity contribution in [3.05, 3.63) is 95.6 Å². The molecule has 4 heteroatoms. The Morgan fingerprint density at radius 1 is 0.788 bits per heavy atom. The lowest BCUT2D eigenvalue weighted by molar-refractivity contribution is -0.141. The van der Waals surface area contributed by atoms with Crippen LogP contribution in [0.3, 0.4) is 0 Å². The van der Waals surface area contributed by atoms with Gasteiger partial charge in [-0.2, -0.15) is 0 Å². The van der Waals surface area contributed by atoms with Crippen molar-refractivity contribution < 1.29 is 19.1 Å². The predicted molar refractivity (Wildman–Crippen MR) is 128 cm³/mol. The Balaban J connectivity index is 1.53. The summed E-state index contributed by atoms with van der Waals surface area (Å²) in [6, 6.07) is 25.7. The average molecular weight is 441 g/mol. The molecule has 4 nitrogen and oxygen atoms in total. The number of benzene rings is 3. The second kappa shape index (κ2) is 10.4. The highest BCUT2D eigenvalue weighted by Gasteiger charge is 2.29. The van der Waals surface area contributed by atoms with Crippen molar-refractivity contribution in [2.45, 2.75) is 38.0 Å². The van der Waals surface area contributed by atoms with Crippen molar-refractivity contribution in [3.63, 3.8) is 0 Å². The maximum atomic E-state index is 13.2. The molecule has 3 aromatic carbocycles.